The molecule has 1 aromatic heterocycles. The second-order valence-corrected chi connectivity index (χ2v) is 5.47. The van der Waals surface area contributed by atoms with E-state index in [4.69, 9.17) is 20.8 Å². The maximum absolute atomic E-state index is 5.98. The van der Waals surface area contributed by atoms with Gasteiger partial charge in [-0.1, -0.05) is 29.3 Å². The summed E-state index contributed by atoms with van der Waals surface area (Å²) in [7, 11) is 0. The van der Waals surface area contributed by atoms with Gasteiger partial charge in [-0.2, -0.15) is 0 Å². The summed E-state index contributed by atoms with van der Waals surface area (Å²) in [6.07, 6.45) is 0. The molecule has 5 heteroatoms. The Morgan fingerprint density at radius 3 is 2.55 bits per heavy atom. The molecule has 0 aliphatic carbocycles. The monoisotopic (exact) mass is 314 g/mol. The molecule has 0 radical (unpaired) electrons. The molecule has 0 saturated carbocycles. The minimum absolute atomic E-state index is 0.222. The number of rotatable bonds is 4. The number of hydrogen-bond acceptors (Lipinski definition) is 4. The van der Waals surface area contributed by atoms with Crippen molar-refractivity contribution in [2.75, 3.05) is 0 Å². The van der Waals surface area contributed by atoms with Crippen molar-refractivity contribution >= 4 is 11.6 Å². The highest BCUT2D eigenvalue weighted by molar-refractivity contribution is 6.31. The van der Waals surface area contributed by atoms with E-state index in [1.165, 1.54) is 5.56 Å². The first-order valence-corrected chi connectivity index (χ1v) is 7.28. The van der Waals surface area contributed by atoms with Crippen LogP contribution in [0.4, 0.5) is 0 Å². The first-order chi connectivity index (χ1) is 10.6. The van der Waals surface area contributed by atoms with Crippen LogP contribution >= 0.6 is 11.6 Å². The van der Waals surface area contributed by atoms with Gasteiger partial charge in [0.25, 0.3) is 5.89 Å². The predicted molar refractivity (Wildman–Crippen MR) is 85.0 cm³/mol. The Labute approximate surface area is 133 Å². The molecule has 112 valence electrons. The zero-order valence-corrected chi connectivity index (χ0v) is 13.1. The molecule has 0 atom stereocenters. The molecule has 0 spiro atoms. The van der Waals surface area contributed by atoms with Crippen LogP contribution in [0.2, 0.25) is 5.02 Å². The summed E-state index contributed by atoms with van der Waals surface area (Å²) < 4.78 is 11.3. The largest absolute Gasteiger partial charge is 0.484 e. The van der Waals surface area contributed by atoms with Crippen LogP contribution < -0.4 is 4.74 Å². The van der Waals surface area contributed by atoms with Gasteiger partial charge in [0.05, 0.1) is 0 Å². The zero-order chi connectivity index (χ0) is 15.5. The van der Waals surface area contributed by atoms with Crippen LogP contribution in [0.1, 0.15) is 17.0 Å². The number of benzene rings is 2. The second-order valence-electron chi connectivity index (χ2n) is 5.07. The van der Waals surface area contributed by atoms with E-state index in [-0.39, 0.29) is 6.61 Å². The van der Waals surface area contributed by atoms with Crippen LogP contribution in [0.25, 0.3) is 11.5 Å². The fraction of sp³-hybridized carbons (Fsp3) is 0.176. The number of aryl methyl sites for hydroxylation is 2. The molecule has 0 amide bonds. The maximum Gasteiger partial charge on any atom is 0.254 e. The molecule has 2 aromatic carbocycles. The van der Waals surface area contributed by atoms with Gasteiger partial charge >= 0.3 is 0 Å². The molecule has 0 N–H and O–H groups in total. The van der Waals surface area contributed by atoms with Crippen molar-refractivity contribution in [2.45, 2.75) is 20.5 Å². The van der Waals surface area contributed by atoms with Crippen LogP contribution in [-0.4, -0.2) is 10.2 Å². The normalized spacial score (nSPS) is 10.7. The summed E-state index contributed by atoms with van der Waals surface area (Å²) in [6.45, 7) is 4.18. The SMILES string of the molecule is Cc1ccc(-c2nnc(COc3ccc(Cl)c(C)c3)o2)cc1. The number of ether oxygens (including phenoxy) is 1. The third kappa shape index (κ3) is 3.28. The average Bonchev–Trinajstić information content (AvgIpc) is 2.98. The highest BCUT2D eigenvalue weighted by atomic mass is 35.5. The fourth-order valence-electron chi connectivity index (χ4n) is 1.98. The van der Waals surface area contributed by atoms with Gasteiger partial charge in [0, 0.05) is 10.6 Å². The topological polar surface area (TPSA) is 48.2 Å². The lowest BCUT2D eigenvalue weighted by molar-refractivity contribution is 0.264. The van der Waals surface area contributed by atoms with E-state index >= 15 is 0 Å². The lowest BCUT2D eigenvalue weighted by atomic mass is 10.1. The molecular formula is C17H15ClN2O2. The summed E-state index contributed by atoms with van der Waals surface area (Å²) in [4.78, 5) is 0. The van der Waals surface area contributed by atoms with E-state index in [0.717, 1.165) is 16.9 Å². The molecule has 0 unspecified atom stereocenters. The standard InChI is InChI=1S/C17H15ClN2O2/c1-11-3-5-13(6-4-11)17-20-19-16(22-17)10-21-14-7-8-15(18)12(2)9-14/h3-9H,10H2,1-2H3. The van der Waals surface area contributed by atoms with Crippen molar-refractivity contribution in [3.05, 3.63) is 64.5 Å². The van der Waals surface area contributed by atoms with Crippen LogP contribution in [0.15, 0.2) is 46.9 Å². The first kappa shape index (κ1) is 14.6. The fourth-order valence-corrected chi connectivity index (χ4v) is 2.09. The highest BCUT2D eigenvalue weighted by Gasteiger charge is 2.09. The second kappa shape index (κ2) is 6.20. The van der Waals surface area contributed by atoms with Crippen LogP contribution in [0, 0.1) is 13.8 Å². The highest BCUT2D eigenvalue weighted by Crippen LogP contribution is 2.22. The molecular weight excluding hydrogens is 300 g/mol. The molecule has 3 aromatic rings. The van der Waals surface area contributed by atoms with E-state index in [1.54, 1.807) is 6.07 Å². The Morgan fingerprint density at radius 2 is 1.82 bits per heavy atom. The number of hydrogen-bond donors (Lipinski definition) is 0. The third-order valence-corrected chi connectivity index (χ3v) is 3.68. The van der Waals surface area contributed by atoms with Crippen molar-refractivity contribution in [3.8, 4) is 17.2 Å². The summed E-state index contributed by atoms with van der Waals surface area (Å²) >= 11 is 5.98. The summed E-state index contributed by atoms with van der Waals surface area (Å²) in [5.41, 5.74) is 3.04. The summed E-state index contributed by atoms with van der Waals surface area (Å²) in [6, 6.07) is 13.4. The lowest BCUT2D eigenvalue weighted by Crippen LogP contribution is -1.96. The molecule has 3 rings (SSSR count). The molecule has 4 nitrogen and oxygen atoms in total. The third-order valence-electron chi connectivity index (χ3n) is 3.26. The van der Waals surface area contributed by atoms with Crippen molar-refractivity contribution in [2.24, 2.45) is 0 Å². The van der Waals surface area contributed by atoms with E-state index in [0.29, 0.717) is 16.8 Å². The molecule has 0 saturated heterocycles. The Balaban J connectivity index is 1.69. The van der Waals surface area contributed by atoms with Crippen LogP contribution in [0.3, 0.4) is 0 Å². The van der Waals surface area contributed by atoms with Gasteiger partial charge in [-0.15, -0.1) is 10.2 Å². The van der Waals surface area contributed by atoms with Gasteiger partial charge < -0.3 is 9.15 Å². The first-order valence-electron chi connectivity index (χ1n) is 6.90. The summed E-state index contributed by atoms with van der Waals surface area (Å²) in [5.74, 6) is 1.64. The number of halogens is 1. The molecule has 0 bridgehead atoms. The van der Waals surface area contributed by atoms with E-state index < -0.39 is 0 Å². The van der Waals surface area contributed by atoms with Crippen LogP contribution in [0.5, 0.6) is 5.75 Å². The van der Waals surface area contributed by atoms with Crippen molar-refractivity contribution in [1.82, 2.24) is 10.2 Å². The van der Waals surface area contributed by atoms with Crippen molar-refractivity contribution in [3.63, 3.8) is 0 Å². The van der Waals surface area contributed by atoms with E-state index in [2.05, 4.69) is 10.2 Å². The average molecular weight is 315 g/mol. The van der Waals surface area contributed by atoms with E-state index in [9.17, 15) is 0 Å². The van der Waals surface area contributed by atoms with Gasteiger partial charge in [0.2, 0.25) is 5.89 Å². The van der Waals surface area contributed by atoms with Crippen molar-refractivity contribution in [1.29, 1.82) is 0 Å². The lowest BCUT2D eigenvalue weighted by Gasteiger charge is -2.05. The van der Waals surface area contributed by atoms with Gasteiger partial charge in [0.15, 0.2) is 6.61 Å². The minimum Gasteiger partial charge on any atom is -0.484 e. The molecule has 0 fully saturated rings. The zero-order valence-electron chi connectivity index (χ0n) is 12.3. The van der Waals surface area contributed by atoms with Gasteiger partial charge in [-0.05, 0) is 49.7 Å². The Kier molecular flexibility index (Phi) is 4.11. The summed E-state index contributed by atoms with van der Waals surface area (Å²) in [5, 5.41) is 8.76. The predicted octanol–water partition coefficient (Wildman–Crippen LogP) is 4.59. The quantitative estimate of drug-likeness (QED) is 0.707. The maximum atomic E-state index is 5.98. The van der Waals surface area contributed by atoms with Gasteiger partial charge in [-0.25, -0.2) is 0 Å². The van der Waals surface area contributed by atoms with Crippen molar-refractivity contribution < 1.29 is 9.15 Å². The Bertz CT molecular complexity index is 782. The van der Waals surface area contributed by atoms with Gasteiger partial charge in [-0.3, -0.25) is 0 Å². The molecule has 0 aliphatic rings. The minimum atomic E-state index is 0.222. The smallest absolute Gasteiger partial charge is 0.254 e. The van der Waals surface area contributed by atoms with Gasteiger partial charge in [0.1, 0.15) is 5.75 Å². The Hall–Kier alpha value is -2.33. The number of aromatic nitrogens is 2. The van der Waals surface area contributed by atoms with Crippen LogP contribution in [-0.2, 0) is 6.61 Å². The number of nitrogens with zero attached hydrogens (tertiary/aromatic N) is 2. The molecule has 1 heterocycles. The molecule has 0 aliphatic heterocycles. The van der Waals surface area contributed by atoms with E-state index in [1.807, 2.05) is 50.2 Å². The molecule has 22 heavy (non-hydrogen) atoms. The Morgan fingerprint density at radius 1 is 1.05 bits per heavy atom.